The quantitative estimate of drug-likeness (QED) is 0.484. The van der Waals surface area contributed by atoms with Gasteiger partial charge in [0.2, 0.25) is 5.91 Å². The van der Waals surface area contributed by atoms with Crippen LogP contribution < -0.4 is 10.1 Å². The van der Waals surface area contributed by atoms with Crippen LogP contribution >= 0.6 is 27.5 Å². The third-order valence-corrected chi connectivity index (χ3v) is 4.84. The highest BCUT2D eigenvalue weighted by Crippen LogP contribution is 2.27. The predicted molar refractivity (Wildman–Crippen MR) is 109 cm³/mol. The Labute approximate surface area is 166 Å². The van der Waals surface area contributed by atoms with Gasteiger partial charge in [-0.1, -0.05) is 33.6 Å². The highest BCUT2D eigenvalue weighted by Gasteiger charge is 2.05. The van der Waals surface area contributed by atoms with E-state index >= 15 is 0 Å². The standard InChI is InChI=1S/C20H20BrClN2O2/c21-16-4-6-19(17(22)13-16)26-11-1-2-20(25)24-9-7-14-3-5-18-15(12-14)8-10-23-18/h3-6,8,10,12-13,23H,1-2,7,9,11H2,(H,24,25). The van der Waals surface area contributed by atoms with Gasteiger partial charge in [-0.3, -0.25) is 4.79 Å². The number of rotatable bonds is 8. The van der Waals surface area contributed by atoms with Gasteiger partial charge >= 0.3 is 0 Å². The van der Waals surface area contributed by atoms with Crippen molar-refractivity contribution in [2.75, 3.05) is 13.2 Å². The molecular weight excluding hydrogens is 416 g/mol. The third kappa shape index (κ3) is 5.26. The van der Waals surface area contributed by atoms with E-state index in [1.807, 2.05) is 18.3 Å². The van der Waals surface area contributed by atoms with Crippen molar-refractivity contribution in [3.63, 3.8) is 0 Å². The number of nitrogens with one attached hydrogen (secondary N) is 2. The normalized spacial score (nSPS) is 10.8. The summed E-state index contributed by atoms with van der Waals surface area (Å²) < 4.78 is 6.52. The van der Waals surface area contributed by atoms with Crippen LogP contribution in [0.15, 0.2) is 53.1 Å². The molecule has 1 heterocycles. The molecule has 26 heavy (non-hydrogen) atoms. The lowest BCUT2D eigenvalue weighted by molar-refractivity contribution is -0.121. The number of aromatic amines is 1. The second-order valence-corrected chi connectivity index (χ2v) is 7.35. The van der Waals surface area contributed by atoms with Crippen molar-refractivity contribution in [3.8, 4) is 5.75 Å². The van der Waals surface area contributed by atoms with E-state index in [-0.39, 0.29) is 5.91 Å². The molecule has 1 amide bonds. The predicted octanol–water partition coefficient (Wildman–Crippen LogP) is 5.10. The van der Waals surface area contributed by atoms with Crippen LogP contribution in [0.25, 0.3) is 10.9 Å². The minimum Gasteiger partial charge on any atom is -0.492 e. The molecule has 0 aliphatic rings. The first-order chi connectivity index (χ1) is 12.6. The zero-order valence-corrected chi connectivity index (χ0v) is 16.6. The third-order valence-electron chi connectivity index (χ3n) is 4.05. The maximum Gasteiger partial charge on any atom is 0.220 e. The second kappa shape index (κ2) is 9.10. The lowest BCUT2D eigenvalue weighted by Gasteiger charge is -2.09. The van der Waals surface area contributed by atoms with Gasteiger partial charge in [0.05, 0.1) is 11.6 Å². The monoisotopic (exact) mass is 434 g/mol. The molecule has 0 fully saturated rings. The number of fused-ring (bicyclic) bond motifs is 1. The summed E-state index contributed by atoms with van der Waals surface area (Å²) >= 11 is 9.44. The van der Waals surface area contributed by atoms with Gasteiger partial charge < -0.3 is 15.0 Å². The Morgan fingerprint density at radius 1 is 1.19 bits per heavy atom. The van der Waals surface area contributed by atoms with E-state index in [1.54, 1.807) is 6.07 Å². The number of ether oxygens (including phenoxy) is 1. The zero-order chi connectivity index (χ0) is 18.4. The van der Waals surface area contributed by atoms with Gasteiger partial charge in [-0.2, -0.15) is 0 Å². The summed E-state index contributed by atoms with van der Waals surface area (Å²) in [5.41, 5.74) is 2.34. The average molecular weight is 436 g/mol. The highest BCUT2D eigenvalue weighted by molar-refractivity contribution is 9.10. The van der Waals surface area contributed by atoms with Crippen molar-refractivity contribution in [3.05, 3.63) is 63.7 Å². The van der Waals surface area contributed by atoms with E-state index < -0.39 is 0 Å². The Hall–Kier alpha value is -1.98. The molecule has 2 aromatic carbocycles. The molecule has 2 N–H and O–H groups in total. The van der Waals surface area contributed by atoms with Crippen molar-refractivity contribution < 1.29 is 9.53 Å². The summed E-state index contributed by atoms with van der Waals surface area (Å²) in [6.45, 7) is 1.09. The first kappa shape index (κ1) is 18.8. The van der Waals surface area contributed by atoms with E-state index in [1.165, 1.54) is 10.9 Å². The van der Waals surface area contributed by atoms with Crippen LogP contribution in [0.5, 0.6) is 5.75 Å². The van der Waals surface area contributed by atoms with Crippen LogP contribution in [-0.2, 0) is 11.2 Å². The summed E-state index contributed by atoms with van der Waals surface area (Å²) in [5.74, 6) is 0.675. The van der Waals surface area contributed by atoms with Crippen LogP contribution in [0, 0.1) is 0 Å². The summed E-state index contributed by atoms with van der Waals surface area (Å²) in [6, 6.07) is 13.8. The molecule has 1 aromatic heterocycles. The fourth-order valence-corrected chi connectivity index (χ4v) is 3.43. The molecule has 6 heteroatoms. The van der Waals surface area contributed by atoms with E-state index in [9.17, 15) is 4.79 Å². The SMILES string of the molecule is O=C(CCCOc1ccc(Br)cc1Cl)NCCc1ccc2[nH]ccc2c1. The zero-order valence-electron chi connectivity index (χ0n) is 14.2. The van der Waals surface area contributed by atoms with Crippen LogP contribution in [-0.4, -0.2) is 24.0 Å². The summed E-state index contributed by atoms with van der Waals surface area (Å²) in [7, 11) is 0. The van der Waals surface area contributed by atoms with Gasteiger partial charge in [-0.05, 0) is 60.2 Å². The number of amides is 1. The minimum atomic E-state index is 0.0400. The molecule has 3 rings (SSSR count). The van der Waals surface area contributed by atoms with Gasteiger partial charge in [-0.25, -0.2) is 0 Å². The van der Waals surface area contributed by atoms with Crippen LogP contribution in [0.2, 0.25) is 5.02 Å². The summed E-state index contributed by atoms with van der Waals surface area (Å²) in [5, 5.41) is 4.71. The largest absolute Gasteiger partial charge is 0.492 e. The Morgan fingerprint density at radius 3 is 2.92 bits per heavy atom. The molecule has 0 saturated carbocycles. The van der Waals surface area contributed by atoms with Gasteiger partial charge in [0.15, 0.2) is 0 Å². The molecule has 0 bridgehead atoms. The number of hydrogen-bond acceptors (Lipinski definition) is 2. The number of carbonyl (C=O) groups excluding carboxylic acids is 1. The molecular formula is C20H20BrClN2O2. The van der Waals surface area contributed by atoms with Crippen LogP contribution in [0.4, 0.5) is 0 Å². The number of hydrogen-bond donors (Lipinski definition) is 2. The van der Waals surface area contributed by atoms with Crippen molar-refractivity contribution >= 4 is 44.3 Å². The number of benzene rings is 2. The topological polar surface area (TPSA) is 54.1 Å². The van der Waals surface area contributed by atoms with E-state index in [0.29, 0.717) is 36.8 Å². The van der Waals surface area contributed by atoms with Gasteiger partial charge in [0.1, 0.15) is 5.75 Å². The molecule has 0 aliphatic carbocycles. The maximum atomic E-state index is 11.9. The Morgan fingerprint density at radius 2 is 2.08 bits per heavy atom. The molecule has 0 unspecified atom stereocenters. The van der Waals surface area contributed by atoms with Gasteiger partial charge in [0.25, 0.3) is 0 Å². The summed E-state index contributed by atoms with van der Waals surface area (Å²) in [6.07, 6.45) is 3.83. The number of carbonyl (C=O) groups is 1. The molecule has 3 aromatic rings. The summed E-state index contributed by atoms with van der Waals surface area (Å²) in [4.78, 5) is 15.1. The van der Waals surface area contributed by atoms with Gasteiger partial charge in [0, 0.05) is 29.2 Å². The highest BCUT2D eigenvalue weighted by atomic mass is 79.9. The molecule has 4 nitrogen and oxygen atoms in total. The smallest absolute Gasteiger partial charge is 0.220 e. The molecule has 0 atom stereocenters. The van der Waals surface area contributed by atoms with Crippen LogP contribution in [0.3, 0.4) is 0 Å². The number of H-pyrrole nitrogens is 1. The molecule has 0 aliphatic heterocycles. The Balaban J connectivity index is 1.33. The van der Waals surface area contributed by atoms with Crippen molar-refractivity contribution in [2.24, 2.45) is 0 Å². The maximum absolute atomic E-state index is 11.9. The molecule has 136 valence electrons. The van der Waals surface area contributed by atoms with Crippen molar-refractivity contribution in [1.29, 1.82) is 0 Å². The van der Waals surface area contributed by atoms with Crippen molar-refractivity contribution in [1.82, 2.24) is 10.3 Å². The van der Waals surface area contributed by atoms with Gasteiger partial charge in [-0.15, -0.1) is 0 Å². The second-order valence-electron chi connectivity index (χ2n) is 6.03. The lowest BCUT2D eigenvalue weighted by Crippen LogP contribution is -2.25. The fourth-order valence-electron chi connectivity index (χ4n) is 2.70. The van der Waals surface area contributed by atoms with Crippen LogP contribution in [0.1, 0.15) is 18.4 Å². The molecule has 0 saturated heterocycles. The van der Waals surface area contributed by atoms with E-state index in [4.69, 9.17) is 16.3 Å². The average Bonchev–Trinajstić information content (AvgIpc) is 3.08. The Bertz CT molecular complexity index is 894. The van der Waals surface area contributed by atoms with Crippen molar-refractivity contribution in [2.45, 2.75) is 19.3 Å². The molecule has 0 spiro atoms. The number of halogens is 2. The Kier molecular flexibility index (Phi) is 6.58. The van der Waals surface area contributed by atoms with E-state index in [0.717, 1.165) is 16.4 Å². The lowest BCUT2D eigenvalue weighted by atomic mass is 10.1. The fraction of sp³-hybridized carbons (Fsp3) is 0.250. The minimum absolute atomic E-state index is 0.0400. The van der Waals surface area contributed by atoms with E-state index in [2.05, 4.69) is 50.5 Å². The first-order valence-corrected chi connectivity index (χ1v) is 9.69. The first-order valence-electron chi connectivity index (χ1n) is 8.52. The number of aromatic nitrogens is 1. The molecule has 0 radical (unpaired) electrons.